The van der Waals surface area contributed by atoms with E-state index in [4.69, 9.17) is 15.3 Å². The predicted octanol–water partition coefficient (Wildman–Crippen LogP) is 6.26. The first-order chi connectivity index (χ1) is 23.5. The van der Waals surface area contributed by atoms with Gasteiger partial charge in [0.2, 0.25) is 0 Å². The van der Waals surface area contributed by atoms with Crippen LogP contribution in [0.25, 0.3) is 0 Å². The van der Waals surface area contributed by atoms with Crippen LogP contribution in [0, 0.1) is 22.7 Å². The van der Waals surface area contributed by atoms with Gasteiger partial charge in [-0.3, -0.25) is 10.6 Å². The molecular formula is C33H34N10O4S2. The molecule has 16 heteroatoms. The molecule has 0 aliphatic carbocycles. The number of thiazole rings is 2. The number of nitriles is 2. The maximum absolute atomic E-state index is 12.2. The van der Waals surface area contributed by atoms with E-state index >= 15 is 0 Å². The lowest BCUT2D eigenvalue weighted by molar-refractivity contribution is 0.0225. The van der Waals surface area contributed by atoms with Gasteiger partial charge in [0.15, 0.2) is 10.3 Å². The lowest BCUT2D eigenvalue weighted by Crippen LogP contribution is -2.39. The van der Waals surface area contributed by atoms with E-state index in [1.807, 2.05) is 32.9 Å². The minimum absolute atomic E-state index is 0.351. The van der Waals surface area contributed by atoms with Gasteiger partial charge >= 0.3 is 18.2 Å². The van der Waals surface area contributed by atoms with Crippen LogP contribution >= 0.6 is 22.7 Å². The molecule has 0 fully saturated rings. The number of benzene rings is 2. The number of nitrogens with zero attached hydrogens (tertiary/aromatic N) is 5. The van der Waals surface area contributed by atoms with Crippen molar-refractivity contribution in [3.05, 3.63) is 80.8 Å². The molecule has 5 N–H and O–H groups in total. The zero-order valence-electron chi connectivity index (χ0n) is 27.0. The van der Waals surface area contributed by atoms with E-state index < -0.39 is 11.6 Å². The number of urea groups is 2. The fraction of sp³-hybridized carbons (Fsp3) is 0.303. The Hall–Kier alpha value is -5.55. The SMILES string of the molecule is CC(C)(C)OC(=O)N1CCc2nc(NC(=O)Nc3cccc(C#N)c3)sc2C1.N#Cc1cccc(NC(=O)Nc2nc3c(s2)CNCC3)c1. The Labute approximate surface area is 291 Å². The maximum atomic E-state index is 12.2. The van der Waals surface area contributed by atoms with Crippen molar-refractivity contribution in [1.82, 2.24) is 20.2 Å². The summed E-state index contributed by atoms with van der Waals surface area (Å²) in [7, 11) is 0. The minimum atomic E-state index is -0.543. The molecule has 2 aliphatic heterocycles. The normalized spacial score (nSPS) is 13.2. The topological polar surface area (TPSA) is 197 Å². The number of anilines is 4. The summed E-state index contributed by atoms with van der Waals surface area (Å²) in [6.45, 7) is 8.16. The van der Waals surface area contributed by atoms with Crippen molar-refractivity contribution in [2.24, 2.45) is 0 Å². The second kappa shape index (κ2) is 15.6. The Morgan fingerprint density at radius 2 is 1.39 bits per heavy atom. The average Bonchev–Trinajstić information content (AvgIpc) is 3.66. The summed E-state index contributed by atoms with van der Waals surface area (Å²) in [5.74, 6) is 0. The first-order valence-corrected chi connectivity index (χ1v) is 16.9. The van der Waals surface area contributed by atoms with Gasteiger partial charge in [-0.2, -0.15) is 10.5 Å². The third-order valence-corrected chi connectivity index (χ3v) is 8.94. The van der Waals surface area contributed by atoms with Gasteiger partial charge in [0.1, 0.15) is 5.60 Å². The summed E-state index contributed by atoms with van der Waals surface area (Å²) in [4.78, 5) is 49.0. The predicted molar refractivity (Wildman–Crippen MR) is 188 cm³/mol. The van der Waals surface area contributed by atoms with Gasteiger partial charge in [-0.05, 0) is 57.2 Å². The molecular weight excluding hydrogens is 665 g/mol. The molecule has 0 saturated carbocycles. The van der Waals surface area contributed by atoms with Crippen LogP contribution < -0.4 is 26.6 Å². The first-order valence-electron chi connectivity index (χ1n) is 15.3. The minimum Gasteiger partial charge on any atom is -0.444 e. The highest BCUT2D eigenvalue weighted by molar-refractivity contribution is 7.16. The number of carbonyl (C=O) groups excluding carboxylic acids is 3. The Balaban J connectivity index is 0.000000199. The number of hydrogen-bond donors (Lipinski definition) is 5. The summed E-state index contributed by atoms with van der Waals surface area (Å²) in [5.41, 5.74) is 3.46. The highest BCUT2D eigenvalue weighted by Crippen LogP contribution is 2.29. The standard InChI is InChI=1S/C19H21N5O3S.C14H13N5OS/c1-19(2,3)27-18(26)24-8-7-14-15(11-24)28-17(22-14)23-16(25)21-13-6-4-5-12(9-13)10-20;15-7-9-2-1-3-10(6-9)17-13(20)19-14-18-11-4-5-16-8-12(11)21-14/h4-6,9H,7-8,11H2,1-3H3,(H2,21,22,23,25);1-3,6,16H,4-5,8H2,(H2,17,18,19,20). The molecule has 2 aromatic carbocycles. The summed E-state index contributed by atoms with van der Waals surface area (Å²) in [5, 5.41) is 32.9. The Morgan fingerprint density at radius 1 is 0.837 bits per heavy atom. The van der Waals surface area contributed by atoms with Crippen LogP contribution in [0.15, 0.2) is 48.5 Å². The second-order valence-electron chi connectivity index (χ2n) is 11.9. The molecule has 0 unspecified atom stereocenters. The highest BCUT2D eigenvalue weighted by Gasteiger charge is 2.28. The van der Waals surface area contributed by atoms with Crippen LogP contribution in [0.4, 0.5) is 36.0 Å². The smallest absolute Gasteiger partial charge is 0.410 e. The average molecular weight is 699 g/mol. The van der Waals surface area contributed by atoms with Crippen molar-refractivity contribution < 1.29 is 19.1 Å². The first kappa shape index (κ1) is 34.8. The van der Waals surface area contributed by atoms with Crippen molar-refractivity contribution >= 4 is 62.5 Å². The number of rotatable bonds is 4. The molecule has 14 nitrogen and oxygen atoms in total. The fourth-order valence-corrected chi connectivity index (χ4v) is 6.75. The largest absolute Gasteiger partial charge is 0.444 e. The molecule has 49 heavy (non-hydrogen) atoms. The summed E-state index contributed by atoms with van der Waals surface area (Å²) in [6, 6.07) is 16.7. The van der Waals surface area contributed by atoms with Crippen LogP contribution in [0.3, 0.4) is 0 Å². The van der Waals surface area contributed by atoms with Crippen LogP contribution in [-0.2, 0) is 30.7 Å². The van der Waals surface area contributed by atoms with E-state index in [2.05, 4.69) is 36.6 Å². The van der Waals surface area contributed by atoms with Crippen molar-refractivity contribution in [1.29, 1.82) is 10.5 Å². The Kier molecular flexibility index (Phi) is 11.0. The van der Waals surface area contributed by atoms with E-state index in [-0.39, 0.29) is 12.1 Å². The van der Waals surface area contributed by atoms with Gasteiger partial charge in [-0.1, -0.05) is 23.5 Å². The zero-order chi connectivity index (χ0) is 35.0. The maximum Gasteiger partial charge on any atom is 0.410 e. The van der Waals surface area contributed by atoms with Crippen molar-refractivity contribution in [2.75, 3.05) is 34.4 Å². The molecule has 2 aromatic heterocycles. The summed E-state index contributed by atoms with van der Waals surface area (Å²) < 4.78 is 5.42. The van der Waals surface area contributed by atoms with Crippen LogP contribution in [0.5, 0.6) is 0 Å². The van der Waals surface area contributed by atoms with Gasteiger partial charge in [0.05, 0.1) is 41.2 Å². The number of ether oxygens (including phenoxy) is 1. The van der Waals surface area contributed by atoms with Crippen molar-refractivity contribution in [3.8, 4) is 12.1 Å². The van der Waals surface area contributed by atoms with Crippen molar-refractivity contribution in [2.45, 2.75) is 52.3 Å². The number of nitrogens with one attached hydrogen (secondary N) is 5. The molecule has 6 rings (SSSR count). The molecule has 4 heterocycles. The molecule has 0 atom stereocenters. The van der Waals surface area contributed by atoms with Gasteiger partial charge in [0.25, 0.3) is 0 Å². The molecule has 0 saturated heterocycles. The fourth-order valence-electron chi connectivity index (χ4n) is 4.76. The Bertz CT molecular complexity index is 1910. The van der Waals surface area contributed by atoms with E-state index in [0.29, 0.717) is 52.3 Å². The number of aromatic nitrogens is 2. The number of carbonyl (C=O) groups is 3. The summed E-state index contributed by atoms with van der Waals surface area (Å²) >= 11 is 2.82. The van der Waals surface area contributed by atoms with E-state index in [1.165, 1.54) is 27.6 Å². The van der Waals surface area contributed by atoms with Crippen LogP contribution in [0.2, 0.25) is 0 Å². The van der Waals surface area contributed by atoms with Crippen molar-refractivity contribution in [3.63, 3.8) is 0 Å². The monoisotopic (exact) mass is 698 g/mol. The molecule has 5 amide bonds. The number of amides is 5. The lowest BCUT2D eigenvalue weighted by atomic mass is 10.2. The second-order valence-corrected chi connectivity index (χ2v) is 14.1. The van der Waals surface area contributed by atoms with Crippen LogP contribution in [-0.4, -0.2) is 51.7 Å². The quantitative estimate of drug-likeness (QED) is 0.163. The summed E-state index contributed by atoms with van der Waals surface area (Å²) in [6.07, 6.45) is 1.15. The zero-order valence-corrected chi connectivity index (χ0v) is 28.7. The third kappa shape index (κ3) is 9.97. The third-order valence-electron chi connectivity index (χ3n) is 6.93. The lowest BCUT2D eigenvalue weighted by Gasteiger charge is -2.29. The van der Waals surface area contributed by atoms with E-state index in [0.717, 1.165) is 35.8 Å². The number of hydrogen-bond acceptors (Lipinski definition) is 11. The highest BCUT2D eigenvalue weighted by atomic mass is 32.1. The van der Waals surface area contributed by atoms with Gasteiger partial charge in [-0.15, -0.1) is 11.3 Å². The molecule has 252 valence electrons. The van der Waals surface area contributed by atoms with Gasteiger partial charge in [-0.25, -0.2) is 24.4 Å². The van der Waals surface area contributed by atoms with Gasteiger partial charge in [0, 0.05) is 53.6 Å². The molecule has 2 aliphatic rings. The number of fused-ring (bicyclic) bond motifs is 2. The van der Waals surface area contributed by atoms with Gasteiger partial charge < -0.3 is 25.6 Å². The van der Waals surface area contributed by atoms with E-state index in [1.54, 1.807) is 53.4 Å². The Morgan fingerprint density at radius 3 is 1.92 bits per heavy atom. The molecule has 0 radical (unpaired) electrons. The van der Waals surface area contributed by atoms with Crippen LogP contribution in [0.1, 0.15) is 53.0 Å². The molecule has 0 bridgehead atoms. The molecule has 4 aromatic rings. The van der Waals surface area contributed by atoms with E-state index in [9.17, 15) is 14.4 Å². The molecule has 0 spiro atoms.